The summed E-state index contributed by atoms with van der Waals surface area (Å²) in [4.78, 5) is 2.56. The van der Waals surface area contributed by atoms with Crippen LogP contribution in [0.15, 0.2) is 230 Å². The lowest BCUT2D eigenvalue weighted by Gasteiger charge is -2.42. The molecule has 1 heteroatoms. The zero-order chi connectivity index (χ0) is 43.5. The highest BCUT2D eigenvalue weighted by molar-refractivity contribution is 5.93. The number of hydrogen-bond acceptors (Lipinski definition) is 1. The number of nitrogens with zero attached hydrogens (tertiary/aromatic N) is 1. The fraction of sp³-hybridized carbons (Fsp3) is 0.156. The van der Waals surface area contributed by atoms with Crippen molar-refractivity contribution in [1.82, 2.24) is 0 Å². The van der Waals surface area contributed by atoms with Crippen LogP contribution in [0.4, 0.5) is 17.1 Å². The predicted molar refractivity (Wildman–Crippen MR) is 273 cm³/mol. The molecule has 0 spiro atoms. The summed E-state index contributed by atoms with van der Waals surface area (Å²) < 4.78 is 0. The molecule has 5 aliphatic carbocycles. The molecular formula is C64H53N. The van der Waals surface area contributed by atoms with Gasteiger partial charge in [-0.15, -0.1) is 0 Å². The number of allylic oxidation sites excluding steroid dienone is 12. The Hall–Kier alpha value is -7.22. The minimum Gasteiger partial charge on any atom is -0.310 e. The topological polar surface area (TPSA) is 3.24 Å². The molecule has 0 saturated carbocycles. The summed E-state index contributed by atoms with van der Waals surface area (Å²) >= 11 is 0. The molecule has 0 bridgehead atoms. The molecule has 7 aromatic carbocycles. The van der Waals surface area contributed by atoms with E-state index >= 15 is 0 Å². The second-order valence-electron chi connectivity index (χ2n) is 18.6. The van der Waals surface area contributed by atoms with E-state index < -0.39 is 5.41 Å². The van der Waals surface area contributed by atoms with Gasteiger partial charge in [-0.2, -0.15) is 0 Å². The van der Waals surface area contributed by atoms with Gasteiger partial charge in [0.2, 0.25) is 0 Å². The maximum absolute atomic E-state index is 2.58. The van der Waals surface area contributed by atoms with E-state index in [4.69, 9.17) is 0 Å². The smallest absolute Gasteiger partial charge is 0.0677 e. The van der Waals surface area contributed by atoms with E-state index in [0.29, 0.717) is 0 Å². The van der Waals surface area contributed by atoms with Crippen LogP contribution in [-0.2, 0) is 10.8 Å². The molecule has 7 aromatic rings. The highest BCUT2D eigenvalue weighted by Gasteiger charge is 2.51. The maximum atomic E-state index is 2.58. The molecule has 5 aliphatic rings. The Bertz CT molecular complexity index is 3210. The maximum Gasteiger partial charge on any atom is 0.0677 e. The van der Waals surface area contributed by atoms with Gasteiger partial charge in [0.05, 0.1) is 5.41 Å². The number of hydrogen-bond donors (Lipinski definition) is 0. The fourth-order valence-electron chi connectivity index (χ4n) is 12.6. The van der Waals surface area contributed by atoms with Crippen LogP contribution in [-0.4, -0.2) is 0 Å². The van der Waals surface area contributed by atoms with Crippen LogP contribution in [0.25, 0.3) is 27.8 Å². The summed E-state index contributed by atoms with van der Waals surface area (Å²) in [5, 5.41) is 0. The van der Waals surface area contributed by atoms with E-state index in [0.717, 1.165) is 43.5 Å². The first kappa shape index (κ1) is 39.4. The van der Waals surface area contributed by atoms with E-state index in [1.165, 1.54) is 83.6 Å². The summed E-state index contributed by atoms with van der Waals surface area (Å²) in [6.07, 6.45) is 26.3. The lowest BCUT2D eigenvalue weighted by Crippen LogP contribution is -2.37. The average Bonchev–Trinajstić information content (AvgIpc) is 3.83. The molecule has 1 nitrogen and oxygen atoms in total. The van der Waals surface area contributed by atoms with Gasteiger partial charge in [0.1, 0.15) is 0 Å². The largest absolute Gasteiger partial charge is 0.310 e. The molecule has 0 heterocycles. The quantitative estimate of drug-likeness (QED) is 0.147. The first-order valence-electron chi connectivity index (χ1n) is 23.7. The molecule has 3 unspecified atom stereocenters. The monoisotopic (exact) mass is 835 g/mol. The van der Waals surface area contributed by atoms with Crippen molar-refractivity contribution < 1.29 is 0 Å². The van der Waals surface area contributed by atoms with E-state index in [9.17, 15) is 0 Å². The Kier molecular flexibility index (Phi) is 9.56. The van der Waals surface area contributed by atoms with Crippen molar-refractivity contribution in [3.8, 4) is 22.3 Å². The Morgan fingerprint density at radius 2 is 1.11 bits per heavy atom. The van der Waals surface area contributed by atoms with Crippen LogP contribution < -0.4 is 4.90 Å². The van der Waals surface area contributed by atoms with Crippen LogP contribution in [0.1, 0.15) is 76.6 Å². The Morgan fingerprint density at radius 3 is 1.83 bits per heavy atom. The molecule has 0 aliphatic heterocycles. The van der Waals surface area contributed by atoms with E-state index in [1.54, 1.807) is 5.57 Å². The summed E-state index contributed by atoms with van der Waals surface area (Å²) in [7, 11) is 0. The van der Waals surface area contributed by atoms with Gasteiger partial charge in [0.25, 0.3) is 0 Å². The Labute approximate surface area is 384 Å². The van der Waals surface area contributed by atoms with Gasteiger partial charge >= 0.3 is 0 Å². The van der Waals surface area contributed by atoms with Crippen LogP contribution in [0.2, 0.25) is 0 Å². The zero-order valence-electron chi connectivity index (χ0n) is 37.3. The number of rotatable bonds is 8. The van der Waals surface area contributed by atoms with Crippen molar-refractivity contribution in [2.24, 2.45) is 5.92 Å². The molecule has 3 atom stereocenters. The van der Waals surface area contributed by atoms with Crippen LogP contribution in [0.5, 0.6) is 0 Å². The first-order chi connectivity index (χ1) is 32.1. The van der Waals surface area contributed by atoms with Gasteiger partial charge in [-0.05, 0) is 166 Å². The van der Waals surface area contributed by atoms with Crippen molar-refractivity contribution in [2.75, 3.05) is 4.90 Å². The minimum atomic E-state index is -0.430. The number of aryl methyl sites for hydroxylation is 2. The lowest BCUT2D eigenvalue weighted by atomic mass is 9.60. The third-order valence-electron chi connectivity index (χ3n) is 15.3. The zero-order valence-corrected chi connectivity index (χ0v) is 37.3. The second kappa shape index (κ2) is 15.8. The predicted octanol–water partition coefficient (Wildman–Crippen LogP) is 16.6. The fourth-order valence-corrected chi connectivity index (χ4v) is 12.6. The lowest BCUT2D eigenvalue weighted by molar-refractivity contribution is 0.435. The van der Waals surface area contributed by atoms with Crippen molar-refractivity contribution >= 4 is 22.6 Å². The molecular weight excluding hydrogens is 783 g/mol. The molecule has 314 valence electrons. The number of fused-ring (bicyclic) bond motifs is 5. The molecule has 0 amide bonds. The highest BCUT2D eigenvalue weighted by Crippen LogP contribution is 2.61. The molecule has 0 radical (unpaired) electrons. The third kappa shape index (κ3) is 5.98. The van der Waals surface area contributed by atoms with Crippen LogP contribution in [0, 0.1) is 19.8 Å². The Morgan fingerprint density at radius 1 is 0.477 bits per heavy atom. The molecule has 12 rings (SSSR count). The second-order valence-corrected chi connectivity index (χ2v) is 18.6. The molecule has 0 saturated heterocycles. The van der Waals surface area contributed by atoms with Gasteiger partial charge in [-0.25, -0.2) is 0 Å². The van der Waals surface area contributed by atoms with Crippen molar-refractivity contribution in [3.05, 3.63) is 274 Å². The van der Waals surface area contributed by atoms with Crippen LogP contribution in [0.3, 0.4) is 0 Å². The molecule has 0 aromatic heterocycles. The SMILES string of the molecule is Cc1ccccc1-c1ccc(N(c2ccc3c(c2)C(C2=CC=CCC2)(c2ccccc2)c2ccccc2-3)c2ccc3c(c2)C(c2ccccc2)(C2C=CC=CC2)C2=C3C=CCC2)cc1C. The summed E-state index contributed by atoms with van der Waals surface area (Å²) in [6, 6.07) is 62.5. The van der Waals surface area contributed by atoms with E-state index in [1.807, 2.05) is 0 Å². The molecule has 0 fully saturated rings. The van der Waals surface area contributed by atoms with E-state index in [2.05, 4.69) is 237 Å². The third-order valence-corrected chi connectivity index (χ3v) is 15.3. The molecule has 0 N–H and O–H groups in total. The normalized spacial score (nSPS) is 21.1. The number of benzene rings is 7. The van der Waals surface area contributed by atoms with E-state index in [-0.39, 0.29) is 11.3 Å². The summed E-state index contributed by atoms with van der Waals surface area (Å²) in [6.45, 7) is 4.50. The summed E-state index contributed by atoms with van der Waals surface area (Å²) in [5.41, 5.74) is 23.1. The minimum absolute atomic E-state index is 0.287. The standard InChI is InChI=1S/C64H53N/c1-44-21-15-16-30-53(44)54-38-35-50(41-45(54)2)65(51-36-39-57-55-31-17-19-33-59(55)63(61(57)42-51,46-22-7-3-8-23-46)47-24-9-4-10-25-47)52-37-40-58-56-32-18-20-34-60(56)64(62(58)43-52,48-26-11-5-12-27-48)49-28-13-6-14-29-49/h3-13,15-18,20-24,26-28,30-32,34-43,47H,14,19,25,29,33H2,1-2H3. The molecule has 65 heavy (non-hydrogen) atoms. The van der Waals surface area contributed by atoms with Crippen molar-refractivity contribution in [3.63, 3.8) is 0 Å². The number of anilines is 3. The highest BCUT2D eigenvalue weighted by atomic mass is 15.1. The first-order valence-corrected chi connectivity index (χ1v) is 23.7. The van der Waals surface area contributed by atoms with Crippen molar-refractivity contribution in [1.29, 1.82) is 0 Å². The van der Waals surface area contributed by atoms with Crippen molar-refractivity contribution in [2.45, 2.75) is 56.8 Å². The average molecular weight is 836 g/mol. The summed E-state index contributed by atoms with van der Waals surface area (Å²) in [5.74, 6) is 0.287. The van der Waals surface area contributed by atoms with Gasteiger partial charge in [-0.1, -0.05) is 188 Å². The van der Waals surface area contributed by atoms with Gasteiger partial charge < -0.3 is 4.90 Å². The van der Waals surface area contributed by atoms with Gasteiger partial charge in [0, 0.05) is 22.5 Å². The van der Waals surface area contributed by atoms with Gasteiger partial charge in [-0.3, -0.25) is 0 Å². The Balaban J connectivity index is 1.12. The van der Waals surface area contributed by atoms with Gasteiger partial charge in [0.15, 0.2) is 0 Å². The van der Waals surface area contributed by atoms with Crippen LogP contribution >= 0.6 is 0 Å².